The van der Waals surface area contributed by atoms with Crippen LogP contribution in [0.5, 0.6) is 0 Å². The third kappa shape index (κ3) is 1.81. The maximum absolute atomic E-state index is 11.1. The molecule has 0 amide bonds. The van der Waals surface area contributed by atoms with E-state index in [0.29, 0.717) is 13.2 Å². The second-order valence-electron chi connectivity index (χ2n) is 3.45. The van der Waals surface area contributed by atoms with Gasteiger partial charge >= 0.3 is 5.97 Å². The van der Waals surface area contributed by atoms with Crippen molar-refractivity contribution in [1.29, 1.82) is 0 Å². The van der Waals surface area contributed by atoms with Crippen LogP contribution in [0.25, 0.3) is 0 Å². The molecule has 0 bridgehead atoms. The van der Waals surface area contributed by atoms with Crippen LogP contribution in [0.2, 0.25) is 0 Å². The lowest BCUT2D eigenvalue weighted by Crippen LogP contribution is -2.20. The summed E-state index contributed by atoms with van der Waals surface area (Å²) >= 11 is 1.51. The molecular formula is C10H12O3S. The number of ether oxygens (including phenoxy) is 1. The molecule has 1 aliphatic rings. The molecule has 0 spiro atoms. The number of carbonyl (C=O) groups is 1. The zero-order valence-electron chi connectivity index (χ0n) is 7.68. The molecule has 1 aliphatic heterocycles. The number of rotatable bonds is 3. The normalized spacial score (nSPS) is 23.6. The standard InChI is InChI=1S/C10H12O3S/c11-10(12)9(7-3-4-13-6-7)8-2-1-5-14-8/h1-2,5,7,9H,3-4,6H2,(H,11,12). The Balaban J connectivity index is 2.19. The van der Waals surface area contributed by atoms with Crippen molar-refractivity contribution in [1.82, 2.24) is 0 Å². The van der Waals surface area contributed by atoms with Crippen molar-refractivity contribution in [3.05, 3.63) is 22.4 Å². The van der Waals surface area contributed by atoms with E-state index in [4.69, 9.17) is 9.84 Å². The van der Waals surface area contributed by atoms with Gasteiger partial charge in [0.15, 0.2) is 0 Å². The molecule has 2 rings (SSSR count). The zero-order valence-corrected chi connectivity index (χ0v) is 8.50. The smallest absolute Gasteiger partial charge is 0.312 e. The van der Waals surface area contributed by atoms with E-state index in [9.17, 15) is 4.79 Å². The Morgan fingerprint density at radius 1 is 1.71 bits per heavy atom. The van der Waals surface area contributed by atoms with Gasteiger partial charge in [0, 0.05) is 17.4 Å². The van der Waals surface area contributed by atoms with E-state index in [-0.39, 0.29) is 11.8 Å². The molecule has 14 heavy (non-hydrogen) atoms. The summed E-state index contributed by atoms with van der Waals surface area (Å²) in [4.78, 5) is 12.1. The Hall–Kier alpha value is -0.870. The van der Waals surface area contributed by atoms with Gasteiger partial charge in [-0.25, -0.2) is 0 Å². The Labute approximate surface area is 86.3 Å². The number of carboxylic acids is 1. The largest absolute Gasteiger partial charge is 0.481 e. The molecule has 0 saturated carbocycles. The van der Waals surface area contributed by atoms with Crippen molar-refractivity contribution in [2.24, 2.45) is 5.92 Å². The Kier molecular flexibility index (Phi) is 2.84. The highest BCUT2D eigenvalue weighted by Crippen LogP contribution is 2.33. The molecule has 4 heteroatoms. The van der Waals surface area contributed by atoms with Gasteiger partial charge in [0.05, 0.1) is 12.5 Å². The highest BCUT2D eigenvalue weighted by atomic mass is 32.1. The highest BCUT2D eigenvalue weighted by Gasteiger charge is 2.33. The molecule has 0 aliphatic carbocycles. The van der Waals surface area contributed by atoms with Crippen molar-refractivity contribution in [3.8, 4) is 0 Å². The van der Waals surface area contributed by atoms with Crippen LogP contribution in [0.15, 0.2) is 17.5 Å². The first-order valence-electron chi connectivity index (χ1n) is 4.63. The fourth-order valence-electron chi connectivity index (χ4n) is 1.84. The Morgan fingerprint density at radius 3 is 3.07 bits per heavy atom. The topological polar surface area (TPSA) is 46.5 Å². The van der Waals surface area contributed by atoms with Crippen LogP contribution < -0.4 is 0 Å². The summed E-state index contributed by atoms with van der Waals surface area (Å²) in [5.74, 6) is -0.966. The van der Waals surface area contributed by atoms with Gasteiger partial charge in [0.2, 0.25) is 0 Å². The first-order chi connectivity index (χ1) is 6.79. The fourth-order valence-corrected chi connectivity index (χ4v) is 2.75. The van der Waals surface area contributed by atoms with Crippen LogP contribution >= 0.6 is 11.3 Å². The lowest BCUT2D eigenvalue weighted by molar-refractivity contribution is -0.140. The summed E-state index contributed by atoms with van der Waals surface area (Å²) < 4.78 is 5.23. The molecule has 1 fully saturated rings. The lowest BCUT2D eigenvalue weighted by Gasteiger charge is -2.15. The van der Waals surface area contributed by atoms with Crippen LogP contribution in [0.4, 0.5) is 0 Å². The van der Waals surface area contributed by atoms with Gasteiger partial charge in [0.1, 0.15) is 0 Å². The molecule has 1 saturated heterocycles. The van der Waals surface area contributed by atoms with E-state index in [0.717, 1.165) is 11.3 Å². The summed E-state index contributed by atoms with van der Waals surface area (Å²) in [6.07, 6.45) is 0.856. The van der Waals surface area contributed by atoms with Crippen LogP contribution in [-0.2, 0) is 9.53 Å². The minimum Gasteiger partial charge on any atom is -0.481 e. The number of carboxylic acid groups (broad SMARTS) is 1. The lowest BCUT2D eigenvalue weighted by atomic mass is 9.90. The van der Waals surface area contributed by atoms with E-state index < -0.39 is 5.97 Å². The molecule has 3 nitrogen and oxygen atoms in total. The minimum absolute atomic E-state index is 0.145. The van der Waals surface area contributed by atoms with Gasteiger partial charge in [-0.3, -0.25) is 4.79 Å². The molecule has 76 valence electrons. The van der Waals surface area contributed by atoms with Crippen molar-refractivity contribution < 1.29 is 14.6 Å². The molecule has 1 N–H and O–H groups in total. The van der Waals surface area contributed by atoms with Gasteiger partial charge in [-0.05, 0) is 17.9 Å². The summed E-state index contributed by atoms with van der Waals surface area (Å²) in [7, 11) is 0. The number of thiophene rings is 1. The first-order valence-corrected chi connectivity index (χ1v) is 5.51. The number of aliphatic carboxylic acids is 1. The summed E-state index contributed by atoms with van der Waals surface area (Å²) in [6.45, 7) is 1.27. The van der Waals surface area contributed by atoms with Crippen LogP contribution in [0.1, 0.15) is 17.2 Å². The summed E-state index contributed by atoms with van der Waals surface area (Å²) in [5, 5.41) is 11.1. The van der Waals surface area contributed by atoms with Crippen LogP contribution in [0.3, 0.4) is 0 Å². The van der Waals surface area contributed by atoms with E-state index in [1.165, 1.54) is 11.3 Å². The molecule has 2 atom stereocenters. The van der Waals surface area contributed by atoms with E-state index in [1.807, 2.05) is 17.5 Å². The van der Waals surface area contributed by atoms with Gasteiger partial charge in [0.25, 0.3) is 0 Å². The fraction of sp³-hybridized carbons (Fsp3) is 0.500. The van der Waals surface area contributed by atoms with Gasteiger partial charge in [-0.1, -0.05) is 6.07 Å². The molecule has 2 unspecified atom stereocenters. The van der Waals surface area contributed by atoms with Crippen molar-refractivity contribution in [2.45, 2.75) is 12.3 Å². The Morgan fingerprint density at radius 2 is 2.57 bits per heavy atom. The molecule has 0 aromatic carbocycles. The average Bonchev–Trinajstić information content (AvgIpc) is 2.75. The second-order valence-corrected chi connectivity index (χ2v) is 4.43. The van der Waals surface area contributed by atoms with E-state index >= 15 is 0 Å². The number of hydrogen-bond donors (Lipinski definition) is 1. The van der Waals surface area contributed by atoms with Crippen molar-refractivity contribution in [3.63, 3.8) is 0 Å². The van der Waals surface area contributed by atoms with Crippen LogP contribution in [0, 0.1) is 5.92 Å². The van der Waals surface area contributed by atoms with Crippen molar-refractivity contribution in [2.75, 3.05) is 13.2 Å². The molecular weight excluding hydrogens is 200 g/mol. The van der Waals surface area contributed by atoms with Crippen molar-refractivity contribution >= 4 is 17.3 Å². The SMILES string of the molecule is O=C(O)C(c1cccs1)C1CCOC1. The molecule has 0 radical (unpaired) electrons. The predicted molar refractivity (Wildman–Crippen MR) is 53.6 cm³/mol. The maximum Gasteiger partial charge on any atom is 0.312 e. The molecule has 2 heterocycles. The third-order valence-electron chi connectivity index (χ3n) is 2.55. The van der Waals surface area contributed by atoms with Crippen LogP contribution in [-0.4, -0.2) is 24.3 Å². The second kappa shape index (κ2) is 4.11. The average molecular weight is 212 g/mol. The zero-order chi connectivity index (χ0) is 9.97. The summed E-state index contributed by atoms with van der Waals surface area (Å²) in [5.41, 5.74) is 0. The summed E-state index contributed by atoms with van der Waals surface area (Å²) in [6, 6.07) is 3.79. The quantitative estimate of drug-likeness (QED) is 0.833. The molecule has 1 aromatic heterocycles. The number of hydrogen-bond acceptors (Lipinski definition) is 3. The van der Waals surface area contributed by atoms with Gasteiger partial charge < -0.3 is 9.84 Å². The highest BCUT2D eigenvalue weighted by molar-refractivity contribution is 7.10. The first kappa shape index (κ1) is 9.68. The van der Waals surface area contributed by atoms with E-state index in [1.54, 1.807) is 0 Å². The minimum atomic E-state index is -0.733. The monoisotopic (exact) mass is 212 g/mol. The predicted octanol–water partition coefficient (Wildman–Crippen LogP) is 1.95. The maximum atomic E-state index is 11.1. The van der Waals surface area contributed by atoms with Gasteiger partial charge in [-0.15, -0.1) is 11.3 Å². The third-order valence-corrected chi connectivity index (χ3v) is 3.51. The Bertz CT molecular complexity index is 301. The van der Waals surface area contributed by atoms with Gasteiger partial charge in [-0.2, -0.15) is 0 Å². The van der Waals surface area contributed by atoms with E-state index in [2.05, 4.69) is 0 Å². The molecule has 1 aromatic rings.